The number of carboxylic acid groups (broad SMARTS) is 1. The van der Waals surface area contributed by atoms with Crippen molar-refractivity contribution < 1.29 is 9.90 Å². The molecule has 0 aliphatic carbocycles. The molecule has 0 unspecified atom stereocenters. The van der Waals surface area contributed by atoms with Crippen molar-refractivity contribution in [3.63, 3.8) is 0 Å². The maximum atomic E-state index is 11.1. The smallest absolute Gasteiger partial charge is 0.358 e. The highest BCUT2D eigenvalue weighted by Crippen LogP contribution is 2.20. The Hall–Kier alpha value is -2.69. The van der Waals surface area contributed by atoms with Crippen molar-refractivity contribution in [1.82, 2.24) is 14.4 Å². The lowest BCUT2D eigenvalue weighted by Gasteiger charge is -1.98. The Morgan fingerprint density at radius 2 is 2.05 bits per heavy atom. The summed E-state index contributed by atoms with van der Waals surface area (Å²) in [4.78, 5) is 19.4. The molecule has 0 fully saturated rings. The number of imidazole rings is 1. The molecule has 1 aromatic carbocycles. The molecular weight excluding hydrogens is 254 g/mol. The Morgan fingerprint density at radius 3 is 2.70 bits per heavy atom. The molecular formula is C15H13N3O2. The van der Waals surface area contributed by atoms with E-state index in [9.17, 15) is 4.79 Å². The van der Waals surface area contributed by atoms with Crippen LogP contribution in [-0.4, -0.2) is 25.4 Å². The van der Waals surface area contributed by atoms with E-state index >= 15 is 0 Å². The van der Waals surface area contributed by atoms with Crippen LogP contribution in [0.5, 0.6) is 0 Å². The quantitative estimate of drug-likeness (QED) is 0.792. The number of aromatic carboxylic acids is 1. The number of rotatable bonds is 3. The van der Waals surface area contributed by atoms with Crippen molar-refractivity contribution in [2.24, 2.45) is 0 Å². The summed E-state index contributed by atoms with van der Waals surface area (Å²) in [5.74, 6) is -1.07. The molecule has 0 spiro atoms. The first-order valence-electron chi connectivity index (χ1n) is 6.35. The van der Waals surface area contributed by atoms with Gasteiger partial charge >= 0.3 is 5.97 Å². The number of carbonyl (C=O) groups is 1. The Balaban J connectivity index is 2.12. The maximum absolute atomic E-state index is 11.1. The molecule has 3 aromatic rings. The Kier molecular flexibility index (Phi) is 2.95. The second kappa shape index (κ2) is 4.77. The molecule has 0 aliphatic rings. The van der Waals surface area contributed by atoms with Crippen molar-refractivity contribution in [2.75, 3.05) is 0 Å². The highest BCUT2D eigenvalue weighted by Gasteiger charge is 2.14. The van der Waals surface area contributed by atoms with Crippen LogP contribution < -0.4 is 0 Å². The summed E-state index contributed by atoms with van der Waals surface area (Å²) in [7, 11) is 0. The van der Waals surface area contributed by atoms with E-state index in [2.05, 4.69) is 29.0 Å². The second-order valence-electron chi connectivity index (χ2n) is 4.49. The van der Waals surface area contributed by atoms with Crippen molar-refractivity contribution in [1.29, 1.82) is 0 Å². The number of aryl methyl sites for hydroxylation is 1. The zero-order valence-corrected chi connectivity index (χ0v) is 10.9. The standard InChI is InChI=1S/C15H13N3O2/c1-2-10-3-5-11(6-4-10)12-9-18-8-7-16-13(15(19)20)14(18)17-12/h3-9H,2H2,1H3,(H,19,20). The number of carboxylic acids is 1. The van der Waals surface area contributed by atoms with E-state index in [0.717, 1.165) is 17.7 Å². The molecule has 0 saturated carbocycles. The molecule has 2 aromatic heterocycles. The van der Waals surface area contributed by atoms with Crippen molar-refractivity contribution >= 4 is 11.6 Å². The zero-order chi connectivity index (χ0) is 14.1. The average molecular weight is 267 g/mol. The minimum absolute atomic E-state index is 0.0380. The summed E-state index contributed by atoms with van der Waals surface area (Å²) < 4.78 is 1.68. The van der Waals surface area contributed by atoms with Gasteiger partial charge in [0.2, 0.25) is 0 Å². The van der Waals surface area contributed by atoms with Gasteiger partial charge in [0.1, 0.15) is 0 Å². The fraction of sp³-hybridized carbons (Fsp3) is 0.133. The Morgan fingerprint density at radius 1 is 1.30 bits per heavy atom. The minimum atomic E-state index is -1.07. The number of aromatic nitrogens is 3. The van der Waals surface area contributed by atoms with Gasteiger partial charge in [0.15, 0.2) is 11.3 Å². The summed E-state index contributed by atoms with van der Waals surface area (Å²) in [6.45, 7) is 2.10. The third-order valence-electron chi connectivity index (χ3n) is 3.24. The Bertz CT molecular complexity index is 775. The third-order valence-corrected chi connectivity index (χ3v) is 3.24. The van der Waals surface area contributed by atoms with Crippen LogP contribution >= 0.6 is 0 Å². The van der Waals surface area contributed by atoms with E-state index in [0.29, 0.717) is 5.65 Å². The highest BCUT2D eigenvalue weighted by atomic mass is 16.4. The topological polar surface area (TPSA) is 67.5 Å². The van der Waals surface area contributed by atoms with Crippen LogP contribution in [0.15, 0.2) is 42.9 Å². The zero-order valence-electron chi connectivity index (χ0n) is 10.9. The van der Waals surface area contributed by atoms with E-state index in [-0.39, 0.29) is 5.69 Å². The predicted molar refractivity (Wildman–Crippen MR) is 74.8 cm³/mol. The fourth-order valence-electron chi connectivity index (χ4n) is 2.12. The lowest BCUT2D eigenvalue weighted by Crippen LogP contribution is -2.03. The SMILES string of the molecule is CCc1ccc(-c2cn3ccnc(C(=O)O)c3n2)cc1. The van der Waals surface area contributed by atoms with E-state index in [1.165, 1.54) is 11.8 Å². The number of hydrogen-bond donors (Lipinski definition) is 1. The molecule has 5 heteroatoms. The van der Waals surface area contributed by atoms with Crippen molar-refractivity contribution in [3.05, 3.63) is 54.1 Å². The molecule has 0 atom stereocenters. The van der Waals surface area contributed by atoms with Gasteiger partial charge in [0.25, 0.3) is 0 Å². The van der Waals surface area contributed by atoms with Crippen LogP contribution in [0.25, 0.3) is 16.9 Å². The number of nitrogens with zero attached hydrogens (tertiary/aromatic N) is 3. The first-order chi connectivity index (χ1) is 9.69. The van der Waals surface area contributed by atoms with Crippen LogP contribution in [0.1, 0.15) is 23.0 Å². The highest BCUT2D eigenvalue weighted by molar-refractivity contribution is 5.92. The summed E-state index contributed by atoms with van der Waals surface area (Å²) in [5.41, 5.74) is 3.27. The normalized spacial score (nSPS) is 10.8. The molecule has 0 radical (unpaired) electrons. The third kappa shape index (κ3) is 2.03. The van der Waals surface area contributed by atoms with Crippen LogP contribution in [0, 0.1) is 0 Å². The van der Waals surface area contributed by atoms with Crippen LogP contribution in [0.3, 0.4) is 0 Å². The van der Waals surface area contributed by atoms with Gasteiger partial charge in [-0.25, -0.2) is 14.8 Å². The molecule has 3 rings (SSSR count). The van der Waals surface area contributed by atoms with Crippen molar-refractivity contribution in [2.45, 2.75) is 13.3 Å². The fourth-order valence-corrected chi connectivity index (χ4v) is 2.12. The van der Waals surface area contributed by atoms with Gasteiger partial charge in [0.05, 0.1) is 5.69 Å². The predicted octanol–water partition coefficient (Wildman–Crippen LogP) is 2.66. The molecule has 100 valence electrons. The van der Waals surface area contributed by atoms with Gasteiger partial charge in [-0.05, 0) is 12.0 Å². The van der Waals surface area contributed by atoms with Gasteiger partial charge in [0, 0.05) is 24.2 Å². The minimum Gasteiger partial charge on any atom is -0.476 e. The lowest BCUT2D eigenvalue weighted by atomic mass is 10.1. The monoisotopic (exact) mass is 267 g/mol. The lowest BCUT2D eigenvalue weighted by molar-refractivity contribution is 0.0692. The number of benzene rings is 1. The molecule has 1 N–H and O–H groups in total. The summed E-state index contributed by atoms with van der Waals surface area (Å²) in [6.07, 6.45) is 5.95. The second-order valence-corrected chi connectivity index (χ2v) is 4.49. The van der Waals surface area contributed by atoms with Crippen LogP contribution in [0.2, 0.25) is 0 Å². The molecule has 0 bridgehead atoms. The van der Waals surface area contributed by atoms with E-state index in [1.807, 2.05) is 18.3 Å². The van der Waals surface area contributed by atoms with Crippen LogP contribution in [0.4, 0.5) is 0 Å². The van der Waals surface area contributed by atoms with Gasteiger partial charge in [-0.2, -0.15) is 0 Å². The van der Waals surface area contributed by atoms with Gasteiger partial charge in [-0.1, -0.05) is 31.2 Å². The number of hydrogen-bond acceptors (Lipinski definition) is 3. The molecule has 0 aliphatic heterocycles. The molecule has 0 saturated heterocycles. The average Bonchev–Trinajstić information content (AvgIpc) is 2.90. The summed E-state index contributed by atoms with van der Waals surface area (Å²) in [6, 6.07) is 8.09. The first-order valence-corrected chi connectivity index (χ1v) is 6.35. The van der Waals surface area contributed by atoms with Gasteiger partial charge < -0.3 is 9.51 Å². The molecule has 0 amide bonds. The summed E-state index contributed by atoms with van der Waals surface area (Å²) >= 11 is 0. The molecule has 20 heavy (non-hydrogen) atoms. The van der Waals surface area contributed by atoms with E-state index in [4.69, 9.17) is 5.11 Å². The van der Waals surface area contributed by atoms with E-state index in [1.54, 1.807) is 10.6 Å². The first kappa shape index (κ1) is 12.3. The van der Waals surface area contributed by atoms with E-state index < -0.39 is 5.97 Å². The largest absolute Gasteiger partial charge is 0.476 e. The van der Waals surface area contributed by atoms with Crippen molar-refractivity contribution in [3.8, 4) is 11.3 Å². The van der Waals surface area contributed by atoms with Gasteiger partial charge in [-0.3, -0.25) is 0 Å². The Labute approximate surface area is 115 Å². The maximum Gasteiger partial charge on any atom is 0.358 e. The number of fused-ring (bicyclic) bond motifs is 1. The summed E-state index contributed by atoms with van der Waals surface area (Å²) in [5, 5.41) is 9.12. The molecule has 5 nitrogen and oxygen atoms in total. The van der Waals surface area contributed by atoms with Crippen LogP contribution in [-0.2, 0) is 6.42 Å². The van der Waals surface area contributed by atoms with Gasteiger partial charge in [-0.15, -0.1) is 0 Å². The molecule has 2 heterocycles.